The van der Waals surface area contributed by atoms with Gasteiger partial charge >= 0.3 is 0 Å². The van der Waals surface area contributed by atoms with Crippen LogP contribution in [0.5, 0.6) is 11.5 Å². The van der Waals surface area contributed by atoms with E-state index in [1.165, 1.54) is 16.7 Å². The molecule has 0 amide bonds. The quantitative estimate of drug-likeness (QED) is 0.483. The van der Waals surface area contributed by atoms with E-state index in [1.54, 1.807) is 6.33 Å². The van der Waals surface area contributed by atoms with Gasteiger partial charge < -0.3 is 4.74 Å². The summed E-state index contributed by atoms with van der Waals surface area (Å²) >= 11 is 0. The van der Waals surface area contributed by atoms with E-state index < -0.39 is 0 Å². The van der Waals surface area contributed by atoms with E-state index in [9.17, 15) is 0 Å². The van der Waals surface area contributed by atoms with Crippen LogP contribution < -0.4 is 4.74 Å². The Hall–Kier alpha value is -3.20. The smallest absolute Gasteiger partial charge is 0.127 e. The lowest BCUT2D eigenvalue weighted by Gasteiger charge is -2.09. The number of para-hydroxylation sites is 1. The molecule has 0 aliphatic heterocycles. The zero-order chi connectivity index (χ0) is 17.9. The van der Waals surface area contributed by atoms with Crippen molar-refractivity contribution in [1.82, 2.24) is 9.97 Å². The molecule has 0 spiro atoms. The molecule has 3 nitrogen and oxygen atoms in total. The van der Waals surface area contributed by atoms with E-state index >= 15 is 0 Å². The number of hydrogen-bond acceptors (Lipinski definition) is 3. The largest absolute Gasteiger partial charge is 0.457 e. The lowest BCUT2D eigenvalue weighted by atomic mass is 10.0. The molecule has 0 radical (unpaired) electrons. The van der Waals surface area contributed by atoms with Crippen LogP contribution in [-0.2, 0) is 6.42 Å². The molecule has 0 unspecified atom stereocenters. The van der Waals surface area contributed by atoms with Crippen molar-refractivity contribution in [2.24, 2.45) is 0 Å². The molecule has 0 bridgehead atoms. The number of aryl methyl sites for hydroxylation is 2. The molecule has 1 aromatic heterocycles. The highest BCUT2D eigenvalue weighted by atomic mass is 16.5. The molecule has 0 atom stereocenters. The number of aromatic nitrogens is 2. The summed E-state index contributed by atoms with van der Waals surface area (Å²) in [5.41, 5.74) is 5.77. The summed E-state index contributed by atoms with van der Waals surface area (Å²) in [6, 6.07) is 22.3. The highest BCUT2D eigenvalue weighted by Gasteiger charge is 2.07. The predicted molar refractivity (Wildman–Crippen MR) is 105 cm³/mol. The molecular formula is C23H20N2O. The monoisotopic (exact) mass is 340 g/mol. The van der Waals surface area contributed by atoms with Gasteiger partial charge in [-0.1, -0.05) is 30.3 Å². The Labute approximate surface area is 153 Å². The fraction of sp³-hybridized carbons (Fsp3) is 0.130. The van der Waals surface area contributed by atoms with Crippen molar-refractivity contribution < 1.29 is 4.74 Å². The van der Waals surface area contributed by atoms with Crippen molar-refractivity contribution in [3.63, 3.8) is 0 Å². The molecule has 128 valence electrons. The summed E-state index contributed by atoms with van der Waals surface area (Å²) in [4.78, 5) is 8.94. The summed E-state index contributed by atoms with van der Waals surface area (Å²) in [5.74, 6) is 1.67. The molecule has 1 heterocycles. The summed E-state index contributed by atoms with van der Waals surface area (Å²) < 4.78 is 5.86. The minimum atomic E-state index is 0.771. The molecule has 4 rings (SSSR count). The Bertz CT molecular complexity index is 1040. The van der Waals surface area contributed by atoms with Crippen LogP contribution in [0.1, 0.15) is 22.4 Å². The van der Waals surface area contributed by atoms with E-state index in [1.807, 2.05) is 42.5 Å². The van der Waals surface area contributed by atoms with Gasteiger partial charge in [0.05, 0.1) is 11.2 Å². The van der Waals surface area contributed by atoms with Crippen molar-refractivity contribution in [2.45, 2.75) is 20.3 Å². The van der Waals surface area contributed by atoms with Crippen molar-refractivity contribution in [2.75, 3.05) is 0 Å². The van der Waals surface area contributed by atoms with Gasteiger partial charge in [0.25, 0.3) is 0 Å². The number of hydrogen-bond donors (Lipinski definition) is 0. The van der Waals surface area contributed by atoms with E-state index in [4.69, 9.17) is 4.74 Å². The normalized spacial score (nSPS) is 10.8. The predicted octanol–water partition coefficient (Wildman–Crippen LogP) is 5.63. The minimum Gasteiger partial charge on any atom is -0.457 e. The molecule has 0 N–H and O–H groups in total. The second-order valence-corrected chi connectivity index (χ2v) is 6.51. The van der Waals surface area contributed by atoms with E-state index in [0.29, 0.717) is 0 Å². The maximum absolute atomic E-state index is 5.86. The second kappa shape index (κ2) is 6.96. The molecule has 26 heavy (non-hydrogen) atoms. The molecule has 3 aromatic carbocycles. The molecule has 0 aliphatic carbocycles. The number of fused-ring (bicyclic) bond motifs is 1. The van der Waals surface area contributed by atoms with Gasteiger partial charge in [0.2, 0.25) is 0 Å². The topological polar surface area (TPSA) is 35.0 Å². The number of nitrogens with zero attached hydrogens (tertiary/aromatic N) is 2. The minimum absolute atomic E-state index is 0.771. The number of rotatable bonds is 4. The third-order valence-corrected chi connectivity index (χ3v) is 4.61. The first-order chi connectivity index (χ1) is 12.7. The van der Waals surface area contributed by atoms with Gasteiger partial charge in [-0.3, -0.25) is 0 Å². The van der Waals surface area contributed by atoms with Crippen LogP contribution in [-0.4, -0.2) is 9.97 Å². The SMILES string of the molecule is Cc1cc2ncnc(Cc3ccc(Oc4ccccc4)cc3)c2cc1C. The third-order valence-electron chi connectivity index (χ3n) is 4.61. The Morgan fingerprint density at radius 2 is 1.46 bits per heavy atom. The Kier molecular flexibility index (Phi) is 4.36. The van der Waals surface area contributed by atoms with Crippen LogP contribution in [0.25, 0.3) is 10.9 Å². The second-order valence-electron chi connectivity index (χ2n) is 6.51. The van der Waals surface area contributed by atoms with Gasteiger partial charge in [-0.05, 0) is 66.9 Å². The molecular weight excluding hydrogens is 320 g/mol. The Morgan fingerprint density at radius 3 is 2.23 bits per heavy atom. The van der Waals surface area contributed by atoms with Gasteiger partial charge in [-0.25, -0.2) is 9.97 Å². The van der Waals surface area contributed by atoms with Gasteiger partial charge in [0.1, 0.15) is 17.8 Å². The lowest BCUT2D eigenvalue weighted by molar-refractivity contribution is 0.482. The van der Waals surface area contributed by atoms with Crippen LogP contribution in [0.15, 0.2) is 73.1 Å². The molecule has 0 saturated carbocycles. The van der Waals surface area contributed by atoms with E-state index in [2.05, 4.69) is 48.1 Å². The van der Waals surface area contributed by atoms with E-state index in [-0.39, 0.29) is 0 Å². The first kappa shape index (κ1) is 16.3. The summed E-state index contributed by atoms with van der Waals surface area (Å²) in [6.45, 7) is 4.24. The molecule has 0 fully saturated rings. The number of ether oxygens (including phenoxy) is 1. The van der Waals surface area contributed by atoms with Gasteiger partial charge in [-0.15, -0.1) is 0 Å². The van der Waals surface area contributed by atoms with Crippen molar-refractivity contribution in [1.29, 1.82) is 0 Å². The molecule has 3 heteroatoms. The van der Waals surface area contributed by atoms with Crippen molar-refractivity contribution in [3.05, 3.63) is 95.4 Å². The highest BCUT2D eigenvalue weighted by Crippen LogP contribution is 2.24. The summed E-state index contributed by atoms with van der Waals surface area (Å²) in [6.07, 6.45) is 2.42. The zero-order valence-electron chi connectivity index (χ0n) is 14.9. The fourth-order valence-electron chi connectivity index (χ4n) is 3.00. The zero-order valence-corrected chi connectivity index (χ0v) is 14.9. The van der Waals surface area contributed by atoms with Crippen LogP contribution in [0.3, 0.4) is 0 Å². The van der Waals surface area contributed by atoms with Crippen LogP contribution in [0, 0.1) is 13.8 Å². The standard InChI is InChI=1S/C23H20N2O/c1-16-12-21-22(13-17(16)2)24-15-25-23(21)14-18-8-10-20(11-9-18)26-19-6-4-3-5-7-19/h3-13,15H,14H2,1-2H3. The first-order valence-electron chi connectivity index (χ1n) is 8.72. The maximum Gasteiger partial charge on any atom is 0.127 e. The van der Waals surface area contributed by atoms with E-state index in [0.717, 1.165) is 34.5 Å². The molecule has 0 saturated heterocycles. The fourth-order valence-corrected chi connectivity index (χ4v) is 3.00. The van der Waals surface area contributed by atoms with Crippen molar-refractivity contribution >= 4 is 10.9 Å². The average molecular weight is 340 g/mol. The van der Waals surface area contributed by atoms with Gasteiger partial charge in [0, 0.05) is 11.8 Å². The number of benzene rings is 3. The summed E-state index contributed by atoms with van der Waals surface area (Å²) in [5, 5.41) is 1.13. The lowest BCUT2D eigenvalue weighted by Crippen LogP contribution is -1.97. The molecule has 0 aliphatic rings. The Morgan fingerprint density at radius 1 is 0.769 bits per heavy atom. The summed E-state index contributed by atoms with van der Waals surface area (Å²) in [7, 11) is 0. The Balaban J connectivity index is 1.58. The molecule has 4 aromatic rings. The van der Waals surface area contributed by atoms with Gasteiger partial charge in [0.15, 0.2) is 0 Å². The van der Waals surface area contributed by atoms with Crippen LogP contribution >= 0.6 is 0 Å². The third kappa shape index (κ3) is 3.42. The highest BCUT2D eigenvalue weighted by molar-refractivity contribution is 5.82. The van der Waals surface area contributed by atoms with Crippen molar-refractivity contribution in [3.8, 4) is 11.5 Å². The average Bonchev–Trinajstić information content (AvgIpc) is 2.66. The maximum atomic E-state index is 5.86. The van der Waals surface area contributed by atoms with Crippen LogP contribution in [0.2, 0.25) is 0 Å². The van der Waals surface area contributed by atoms with Crippen LogP contribution in [0.4, 0.5) is 0 Å². The van der Waals surface area contributed by atoms with Gasteiger partial charge in [-0.2, -0.15) is 0 Å². The first-order valence-corrected chi connectivity index (χ1v) is 8.72.